The van der Waals surface area contributed by atoms with E-state index in [0.717, 1.165) is 0 Å². The number of hydrogen-bond donors (Lipinski definition) is 1. The van der Waals surface area contributed by atoms with Gasteiger partial charge >= 0.3 is 0 Å². The molecule has 82 valence electrons. The fraction of sp³-hybridized carbons (Fsp3) is 0.900. The molecule has 0 aromatic rings. The van der Waals surface area contributed by atoms with Crippen molar-refractivity contribution >= 4 is 5.84 Å². The van der Waals surface area contributed by atoms with Crippen LogP contribution in [-0.4, -0.2) is 29.7 Å². The zero-order valence-corrected chi connectivity index (χ0v) is 9.03. The van der Waals surface area contributed by atoms with Crippen molar-refractivity contribution in [3.8, 4) is 0 Å². The van der Waals surface area contributed by atoms with Crippen LogP contribution in [-0.2, 0) is 0 Å². The van der Waals surface area contributed by atoms with E-state index in [4.69, 9.17) is 5.41 Å². The SMILES string of the molecule is CC(C)(C)C(=N)N1CCC(F)(F)CC1. The fourth-order valence-corrected chi connectivity index (χ4v) is 1.53. The molecule has 1 aliphatic heterocycles. The summed E-state index contributed by atoms with van der Waals surface area (Å²) in [5, 5.41) is 7.85. The summed E-state index contributed by atoms with van der Waals surface area (Å²) in [5.74, 6) is -2.05. The molecule has 0 aromatic heterocycles. The molecule has 0 spiro atoms. The summed E-state index contributed by atoms with van der Waals surface area (Å²) in [4.78, 5) is 1.76. The summed E-state index contributed by atoms with van der Waals surface area (Å²) in [7, 11) is 0. The standard InChI is InChI=1S/C10H18F2N2/c1-9(2,3)8(13)14-6-4-10(11,12)5-7-14/h13H,4-7H2,1-3H3. The van der Waals surface area contributed by atoms with Crippen LogP contribution in [0, 0.1) is 10.8 Å². The predicted octanol–water partition coefficient (Wildman–Crippen LogP) is 2.74. The highest BCUT2D eigenvalue weighted by Crippen LogP contribution is 2.29. The minimum atomic E-state index is -2.52. The second-order valence-corrected chi connectivity index (χ2v) is 4.94. The zero-order chi connectivity index (χ0) is 11.0. The Bertz CT molecular complexity index is 221. The number of likely N-dealkylation sites (tertiary alicyclic amines) is 1. The van der Waals surface area contributed by atoms with Gasteiger partial charge in [-0.2, -0.15) is 0 Å². The molecule has 1 heterocycles. The van der Waals surface area contributed by atoms with E-state index < -0.39 is 5.92 Å². The molecule has 1 aliphatic rings. The van der Waals surface area contributed by atoms with Crippen molar-refractivity contribution in [2.24, 2.45) is 5.41 Å². The maximum absolute atomic E-state index is 12.8. The third-order valence-electron chi connectivity index (χ3n) is 2.52. The van der Waals surface area contributed by atoms with Gasteiger partial charge in [-0.3, -0.25) is 5.41 Å². The second kappa shape index (κ2) is 3.48. The van der Waals surface area contributed by atoms with Crippen molar-refractivity contribution in [3.05, 3.63) is 0 Å². The van der Waals surface area contributed by atoms with Gasteiger partial charge in [0, 0.05) is 31.3 Å². The lowest BCUT2D eigenvalue weighted by atomic mass is 9.92. The molecule has 0 saturated carbocycles. The monoisotopic (exact) mass is 204 g/mol. The summed E-state index contributed by atoms with van der Waals surface area (Å²) >= 11 is 0. The molecule has 14 heavy (non-hydrogen) atoms. The molecule has 1 fully saturated rings. The molecule has 1 saturated heterocycles. The third kappa shape index (κ3) is 2.66. The maximum atomic E-state index is 12.8. The lowest BCUT2D eigenvalue weighted by Gasteiger charge is -2.37. The maximum Gasteiger partial charge on any atom is 0.251 e. The van der Waals surface area contributed by atoms with Gasteiger partial charge in [-0.1, -0.05) is 20.8 Å². The largest absolute Gasteiger partial charge is 0.360 e. The molecule has 1 rings (SSSR count). The van der Waals surface area contributed by atoms with Gasteiger partial charge in [0.2, 0.25) is 0 Å². The summed E-state index contributed by atoms with van der Waals surface area (Å²) in [6, 6.07) is 0. The van der Waals surface area contributed by atoms with Crippen molar-refractivity contribution < 1.29 is 8.78 Å². The van der Waals surface area contributed by atoms with Gasteiger partial charge in [0.05, 0.1) is 0 Å². The molecule has 0 bridgehead atoms. The van der Waals surface area contributed by atoms with Gasteiger partial charge in [-0.15, -0.1) is 0 Å². The van der Waals surface area contributed by atoms with Gasteiger partial charge in [0.15, 0.2) is 0 Å². The van der Waals surface area contributed by atoms with Crippen LogP contribution in [0.4, 0.5) is 8.78 Å². The summed E-state index contributed by atoms with van der Waals surface area (Å²) in [6.45, 7) is 6.42. The summed E-state index contributed by atoms with van der Waals surface area (Å²) < 4.78 is 25.7. The topological polar surface area (TPSA) is 27.1 Å². The van der Waals surface area contributed by atoms with Crippen LogP contribution in [0.3, 0.4) is 0 Å². The average Bonchev–Trinajstić information content (AvgIpc) is 2.01. The molecule has 0 amide bonds. The lowest BCUT2D eigenvalue weighted by Crippen LogP contribution is -2.46. The number of piperidine rings is 1. The smallest absolute Gasteiger partial charge is 0.251 e. The van der Waals surface area contributed by atoms with Gasteiger partial charge in [-0.05, 0) is 0 Å². The van der Waals surface area contributed by atoms with E-state index in [9.17, 15) is 8.78 Å². The first-order valence-electron chi connectivity index (χ1n) is 4.94. The summed E-state index contributed by atoms with van der Waals surface area (Å²) in [5.41, 5.74) is -0.243. The Kier molecular flexibility index (Phi) is 2.83. The quantitative estimate of drug-likeness (QED) is 0.476. The number of nitrogens with one attached hydrogen (secondary N) is 1. The highest BCUT2D eigenvalue weighted by atomic mass is 19.3. The molecule has 2 nitrogen and oxygen atoms in total. The van der Waals surface area contributed by atoms with Crippen LogP contribution in [0.1, 0.15) is 33.6 Å². The predicted molar refractivity (Wildman–Crippen MR) is 52.9 cm³/mol. The molecule has 0 radical (unpaired) electrons. The Hall–Kier alpha value is -0.670. The van der Waals surface area contributed by atoms with Gasteiger partial charge in [-0.25, -0.2) is 8.78 Å². The summed E-state index contributed by atoms with van der Waals surface area (Å²) in [6.07, 6.45) is -0.239. The molecule has 0 atom stereocenters. The van der Waals surface area contributed by atoms with E-state index >= 15 is 0 Å². The minimum Gasteiger partial charge on any atom is -0.360 e. The number of halogens is 2. The van der Waals surface area contributed by atoms with Crippen LogP contribution < -0.4 is 0 Å². The minimum absolute atomic E-state index is 0.120. The number of rotatable bonds is 0. The Labute approximate surface area is 83.8 Å². The first-order valence-corrected chi connectivity index (χ1v) is 4.94. The number of alkyl halides is 2. The molecule has 1 N–H and O–H groups in total. The highest BCUT2D eigenvalue weighted by molar-refractivity contribution is 5.84. The molecular formula is C10H18F2N2. The number of hydrogen-bond acceptors (Lipinski definition) is 1. The zero-order valence-electron chi connectivity index (χ0n) is 9.03. The van der Waals surface area contributed by atoms with Crippen molar-refractivity contribution in [2.75, 3.05) is 13.1 Å². The normalized spacial score (nSPS) is 22.2. The van der Waals surface area contributed by atoms with E-state index in [0.29, 0.717) is 18.9 Å². The average molecular weight is 204 g/mol. The second-order valence-electron chi connectivity index (χ2n) is 4.94. The molecule has 0 aromatic carbocycles. The van der Waals surface area contributed by atoms with E-state index in [-0.39, 0.29) is 18.3 Å². The Morgan fingerprint density at radius 1 is 1.21 bits per heavy atom. The molecule has 0 unspecified atom stereocenters. The third-order valence-corrected chi connectivity index (χ3v) is 2.52. The first kappa shape index (κ1) is 11.4. The Morgan fingerprint density at radius 3 is 2.00 bits per heavy atom. The van der Waals surface area contributed by atoms with Gasteiger partial charge in [0.25, 0.3) is 5.92 Å². The molecule has 0 aliphatic carbocycles. The van der Waals surface area contributed by atoms with Crippen molar-refractivity contribution in [1.82, 2.24) is 4.90 Å². The van der Waals surface area contributed by atoms with Crippen molar-refractivity contribution in [2.45, 2.75) is 39.5 Å². The van der Waals surface area contributed by atoms with E-state index in [1.54, 1.807) is 4.90 Å². The van der Waals surface area contributed by atoms with E-state index in [1.165, 1.54) is 0 Å². The highest BCUT2D eigenvalue weighted by Gasteiger charge is 2.36. The Balaban J connectivity index is 2.55. The van der Waals surface area contributed by atoms with E-state index in [2.05, 4.69) is 0 Å². The molecule has 4 heteroatoms. The van der Waals surface area contributed by atoms with Gasteiger partial charge in [0.1, 0.15) is 5.84 Å². The van der Waals surface area contributed by atoms with Gasteiger partial charge < -0.3 is 4.90 Å². The van der Waals surface area contributed by atoms with E-state index in [1.807, 2.05) is 20.8 Å². The fourth-order valence-electron chi connectivity index (χ4n) is 1.53. The first-order chi connectivity index (χ1) is 6.22. The van der Waals surface area contributed by atoms with Crippen LogP contribution >= 0.6 is 0 Å². The van der Waals surface area contributed by atoms with Crippen LogP contribution in [0.15, 0.2) is 0 Å². The number of nitrogens with zero attached hydrogens (tertiary/aromatic N) is 1. The van der Waals surface area contributed by atoms with Crippen LogP contribution in [0.25, 0.3) is 0 Å². The van der Waals surface area contributed by atoms with Crippen molar-refractivity contribution in [1.29, 1.82) is 5.41 Å². The van der Waals surface area contributed by atoms with Crippen molar-refractivity contribution in [3.63, 3.8) is 0 Å². The lowest BCUT2D eigenvalue weighted by molar-refractivity contribution is -0.0446. The van der Waals surface area contributed by atoms with Crippen LogP contribution in [0.5, 0.6) is 0 Å². The molecular weight excluding hydrogens is 186 g/mol. The Morgan fingerprint density at radius 2 is 1.64 bits per heavy atom. The number of amidine groups is 1. The van der Waals surface area contributed by atoms with Crippen LogP contribution in [0.2, 0.25) is 0 Å².